The molecule has 1 unspecified atom stereocenters. The van der Waals surface area contributed by atoms with Crippen LogP contribution < -0.4 is 15.0 Å². The van der Waals surface area contributed by atoms with Gasteiger partial charge in [0.15, 0.2) is 16.3 Å². The van der Waals surface area contributed by atoms with E-state index >= 15 is 0 Å². The van der Waals surface area contributed by atoms with Crippen molar-refractivity contribution in [2.45, 2.75) is 25.8 Å². The first-order chi connectivity index (χ1) is 14.2. The minimum absolute atomic E-state index is 0.0329. The van der Waals surface area contributed by atoms with Gasteiger partial charge in [-0.2, -0.15) is 5.10 Å². The van der Waals surface area contributed by atoms with Gasteiger partial charge in [0.05, 0.1) is 26.0 Å². The van der Waals surface area contributed by atoms with Crippen molar-refractivity contribution in [2.24, 2.45) is 19.2 Å². The summed E-state index contributed by atoms with van der Waals surface area (Å²) in [5, 5.41) is 16.4. The van der Waals surface area contributed by atoms with Gasteiger partial charge in [0.2, 0.25) is 11.8 Å². The van der Waals surface area contributed by atoms with E-state index in [0.29, 0.717) is 17.2 Å². The van der Waals surface area contributed by atoms with E-state index < -0.39 is 11.6 Å². The second kappa shape index (κ2) is 8.31. The number of carbonyl (C=O) groups is 1. The molecule has 0 saturated carbocycles. The molecule has 0 spiro atoms. The molecule has 1 aromatic carbocycles. The van der Waals surface area contributed by atoms with Crippen LogP contribution in [0.25, 0.3) is 0 Å². The number of carbonyl (C=O) groups excluding carboxylic acids is 1. The molecule has 1 aromatic heterocycles. The number of aromatic nitrogens is 2. The van der Waals surface area contributed by atoms with Crippen LogP contribution >= 0.6 is 12.2 Å². The lowest BCUT2D eigenvalue weighted by molar-refractivity contribution is -0.132. The quantitative estimate of drug-likeness (QED) is 0.728. The Balaban J connectivity index is 2.13. The first kappa shape index (κ1) is 21.6. The molecule has 30 heavy (non-hydrogen) atoms. The normalized spacial score (nSPS) is 15.8. The summed E-state index contributed by atoms with van der Waals surface area (Å²) in [5.74, 6) is 0.602. The summed E-state index contributed by atoms with van der Waals surface area (Å²) in [5.41, 5.74) is 0.658. The van der Waals surface area contributed by atoms with Gasteiger partial charge in [-0.1, -0.05) is 13.0 Å². The average molecular weight is 433 g/mol. The van der Waals surface area contributed by atoms with Crippen LogP contribution in [0.4, 0.5) is 0 Å². The largest absolute Gasteiger partial charge is 0.494 e. The van der Waals surface area contributed by atoms with Gasteiger partial charge in [0.25, 0.3) is 5.56 Å². The Labute approximate surface area is 178 Å². The Kier molecular flexibility index (Phi) is 5.97. The molecule has 0 aliphatic carbocycles. The van der Waals surface area contributed by atoms with Crippen molar-refractivity contribution < 1.29 is 19.4 Å². The van der Waals surface area contributed by atoms with Gasteiger partial charge in [-0.25, -0.2) is 5.01 Å². The number of amides is 1. The van der Waals surface area contributed by atoms with Gasteiger partial charge in [0.1, 0.15) is 5.56 Å². The van der Waals surface area contributed by atoms with Crippen molar-refractivity contribution in [1.29, 1.82) is 0 Å². The summed E-state index contributed by atoms with van der Waals surface area (Å²) >= 11 is 5.17. The fourth-order valence-corrected chi connectivity index (χ4v) is 3.63. The Morgan fingerprint density at radius 3 is 2.50 bits per heavy atom. The predicted molar refractivity (Wildman–Crippen MR) is 114 cm³/mol. The molecule has 0 radical (unpaired) electrons. The van der Waals surface area contributed by atoms with Crippen molar-refractivity contribution in [3.8, 4) is 17.4 Å². The van der Waals surface area contributed by atoms with Gasteiger partial charge in [-0.05, 0) is 29.9 Å². The summed E-state index contributed by atoms with van der Waals surface area (Å²) in [7, 11) is 6.18. The first-order valence-electron chi connectivity index (χ1n) is 9.35. The van der Waals surface area contributed by atoms with Crippen LogP contribution in [0.2, 0.25) is 0 Å². The second-order valence-corrected chi connectivity index (χ2v) is 7.24. The number of ether oxygens (including phenoxy) is 2. The highest BCUT2D eigenvalue weighted by atomic mass is 32.1. The van der Waals surface area contributed by atoms with Crippen molar-refractivity contribution in [2.75, 3.05) is 14.2 Å². The van der Waals surface area contributed by atoms with Crippen LogP contribution in [0.1, 0.15) is 36.9 Å². The van der Waals surface area contributed by atoms with Crippen molar-refractivity contribution in [1.82, 2.24) is 14.1 Å². The highest BCUT2D eigenvalue weighted by Gasteiger charge is 2.35. The van der Waals surface area contributed by atoms with Crippen LogP contribution in [0.3, 0.4) is 0 Å². The van der Waals surface area contributed by atoms with Crippen molar-refractivity contribution in [3.63, 3.8) is 0 Å². The second-order valence-electron chi connectivity index (χ2n) is 6.88. The summed E-state index contributed by atoms with van der Waals surface area (Å²) < 4.78 is 13.4. The number of rotatable bonds is 5. The van der Waals surface area contributed by atoms with E-state index in [1.807, 2.05) is 6.07 Å². The maximum Gasteiger partial charge on any atom is 0.267 e. The van der Waals surface area contributed by atoms with Crippen LogP contribution in [0.15, 0.2) is 28.1 Å². The van der Waals surface area contributed by atoms with E-state index in [1.165, 1.54) is 28.3 Å². The topological polar surface area (TPSA) is 98.3 Å². The monoisotopic (exact) mass is 432 g/mol. The maximum absolute atomic E-state index is 12.8. The van der Waals surface area contributed by atoms with Crippen molar-refractivity contribution >= 4 is 23.8 Å². The molecule has 0 saturated heterocycles. The number of hydrogen-bond donors (Lipinski definition) is 1. The molecule has 1 atom stereocenters. The van der Waals surface area contributed by atoms with Crippen LogP contribution in [0.5, 0.6) is 17.4 Å². The molecule has 2 aromatic rings. The molecule has 3 rings (SSSR count). The van der Waals surface area contributed by atoms with Crippen LogP contribution in [-0.4, -0.2) is 45.1 Å². The lowest BCUT2D eigenvalue weighted by Crippen LogP contribution is -2.28. The van der Waals surface area contributed by atoms with Gasteiger partial charge in [-0.3, -0.25) is 18.7 Å². The molecule has 1 N–H and O–H groups in total. The third-order valence-corrected chi connectivity index (χ3v) is 5.73. The standard InChI is InChI=1S/C20H24N4O5S/c1-6-16(25)24-13(11-7-8-14(28-4)15(9-11)29-5)10-12(21-24)17-18(26)22(2)20(30)23(3)19(17)27/h7-9,13,26H,6,10H2,1-5H3. The number of hydrogen-bond acceptors (Lipinski definition) is 7. The van der Waals surface area contributed by atoms with Gasteiger partial charge in [-0.15, -0.1) is 0 Å². The molecule has 0 bridgehead atoms. The lowest BCUT2D eigenvalue weighted by atomic mass is 9.98. The predicted octanol–water partition coefficient (Wildman–Crippen LogP) is 2.26. The minimum atomic E-state index is -0.466. The maximum atomic E-state index is 12.8. The van der Waals surface area contributed by atoms with E-state index in [0.717, 1.165) is 5.56 Å². The zero-order valence-corrected chi connectivity index (χ0v) is 18.3. The highest BCUT2D eigenvalue weighted by molar-refractivity contribution is 7.71. The fourth-order valence-electron chi connectivity index (χ4n) is 3.46. The smallest absolute Gasteiger partial charge is 0.267 e. The first-order valence-corrected chi connectivity index (χ1v) is 9.76. The highest BCUT2D eigenvalue weighted by Crippen LogP contribution is 2.38. The molecule has 1 amide bonds. The SMILES string of the molecule is CCC(=O)N1N=C(c2c(O)n(C)c(=S)n(C)c2=O)CC1c1ccc(OC)c(OC)c1. The third kappa shape index (κ3) is 3.47. The number of nitrogens with zero attached hydrogens (tertiary/aromatic N) is 4. The molecule has 10 heteroatoms. The van der Waals surface area contributed by atoms with Crippen LogP contribution in [0, 0.1) is 4.77 Å². The number of methoxy groups -OCH3 is 2. The summed E-state index contributed by atoms with van der Waals surface area (Å²) in [6.07, 6.45) is 0.490. The summed E-state index contributed by atoms with van der Waals surface area (Å²) in [6.45, 7) is 1.74. The Morgan fingerprint density at radius 2 is 1.90 bits per heavy atom. The lowest BCUT2D eigenvalue weighted by Gasteiger charge is -2.22. The summed E-state index contributed by atoms with van der Waals surface area (Å²) in [4.78, 5) is 25.4. The minimum Gasteiger partial charge on any atom is -0.494 e. The Morgan fingerprint density at radius 1 is 1.23 bits per heavy atom. The molecular weight excluding hydrogens is 408 g/mol. The molecule has 2 heterocycles. The molecular formula is C20H24N4O5S. The van der Waals surface area contributed by atoms with Crippen LogP contribution in [-0.2, 0) is 18.9 Å². The van der Waals surface area contributed by atoms with Gasteiger partial charge in [0, 0.05) is 26.9 Å². The summed E-state index contributed by atoms with van der Waals surface area (Å²) in [6, 6.07) is 4.90. The van der Waals surface area contributed by atoms with E-state index in [9.17, 15) is 14.7 Å². The number of benzene rings is 1. The molecule has 160 valence electrons. The zero-order valence-electron chi connectivity index (χ0n) is 17.5. The Bertz CT molecular complexity index is 1150. The third-order valence-electron chi connectivity index (χ3n) is 5.18. The molecule has 9 nitrogen and oxygen atoms in total. The number of hydrazone groups is 1. The van der Waals surface area contributed by atoms with E-state index in [2.05, 4.69) is 5.10 Å². The van der Waals surface area contributed by atoms with E-state index in [1.54, 1.807) is 33.2 Å². The molecule has 0 fully saturated rings. The van der Waals surface area contributed by atoms with E-state index in [4.69, 9.17) is 21.7 Å². The average Bonchev–Trinajstić information content (AvgIpc) is 3.20. The fraction of sp³-hybridized carbons (Fsp3) is 0.400. The van der Waals surface area contributed by atoms with E-state index in [-0.39, 0.29) is 35.0 Å². The zero-order chi connectivity index (χ0) is 22.2. The van der Waals surface area contributed by atoms with Crippen molar-refractivity contribution in [3.05, 3.63) is 44.5 Å². The Hall–Kier alpha value is -3.14. The van der Waals surface area contributed by atoms with Gasteiger partial charge >= 0.3 is 0 Å². The molecule has 1 aliphatic rings. The number of aromatic hydroxyl groups is 1. The van der Waals surface area contributed by atoms with Gasteiger partial charge < -0.3 is 14.6 Å². The molecule has 1 aliphatic heterocycles.